The number of fused-ring (bicyclic) bond motifs is 3. The number of carbonyl (C=O) groups is 4. The fraction of sp³-hybridized carbons (Fsp3) is 0.515. The Bertz CT molecular complexity index is 1670. The summed E-state index contributed by atoms with van der Waals surface area (Å²) in [6, 6.07) is 3.53. The molecule has 0 aromatic heterocycles. The number of benzene rings is 2. The van der Waals surface area contributed by atoms with E-state index in [0.29, 0.717) is 26.3 Å². The number of rotatable bonds is 7. The van der Waals surface area contributed by atoms with Crippen molar-refractivity contribution in [3.05, 3.63) is 51.6 Å². The van der Waals surface area contributed by atoms with Gasteiger partial charge in [0.25, 0.3) is 0 Å². The highest BCUT2D eigenvalue weighted by atomic mass is 16.8. The average molecular weight is 671 g/mol. The second-order valence-corrected chi connectivity index (χ2v) is 12.5. The van der Waals surface area contributed by atoms with Gasteiger partial charge in [-0.1, -0.05) is 17.3 Å². The highest BCUT2D eigenvalue weighted by Crippen LogP contribution is 2.52. The minimum absolute atomic E-state index is 0.0428. The monoisotopic (exact) mass is 670 g/mol. The van der Waals surface area contributed by atoms with Crippen LogP contribution in [-0.4, -0.2) is 117 Å². The molecule has 6 atom stereocenters. The van der Waals surface area contributed by atoms with Crippen LogP contribution < -0.4 is 4.74 Å². The molecule has 2 aliphatic heterocycles. The van der Waals surface area contributed by atoms with Crippen LogP contribution in [0.1, 0.15) is 82.7 Å². The van der Waals surface area contributed by atoms with E-state index in [1.165, 1.54) is 44.3 Å². The van der Waals surface area contributed by atoms with E-state index in [4.69, 9.17) is 23.8 Å². The van der Waals surface area contributed by atoms with Gasteiger partial charge in [-0.3, -0.25) is 19.2 Å². The van der Waals surface area contributed by atoms with Crippen LogP contribution in [0.2, 0.25) is 0 Å². The fourth-order valence-corrected chi connectivity index (χ4v) is 7.04. The first-order chi connectivity index (χ1) is 22.8. The third kappa shape index (κ3) is 5.64. The van der Waals surface area contributed by atoms with Crippen molar-refractivity contribution < 1.29 is 63.4 Å². The molecule has 0 spiro atoms. The molecule has 0 radical (unpaired) electrons. The Morgan fingerprint density at radius 2 is 1.73 bits per heavy atom. The Labute approximate surface area is 275 Å². The number of hydrazine groups is 1. The number of hydrogen-bond acceptors (Lipinski definition) is 15. The average Bonchev–Trinajstić information content (AvgIpc) is 3.05. The van der Waals surface area contributed by atoms with E-state index >= 15 is 0 Å². The van der Waals surface area contributed by atoms with Gasteiger partial charge in [0.15, 0.2) is 17.9 Å². The lowest BCUT2D eigenvalue weighted by atomic mass is 9.72. The molecule has 15 nitrogen and oxygen atoms in total. The molecule has 2 fully saturated rings. The Morgan fingerprint density at radius 1 is 1.04 bits per heavy atom. The van der Waals surface area contributed by atoms with Gasteiger partial charge in [-0.15, -0.1) is 0 Å². The first-order valence-electron chi connectivity index (χ1n) is 15.7. The number of ether oxygens (including phenoxy) is 4. The summed E-state index contributed by atoms with van der Waals surface area (Å²) >= 11 is 0. The number of aliphatic hydroxyl groups excluding tert-OH is 1. The first kappa shape index (κ1) is 33.9. The van der Waals surface area contributed by atoms with Crippen LogP contribution in [0, 0.1) is 0 Å². The Hall–Kier alpha value is -3.96. The molecule has 0 bridgehead atoms. The van der Waals surface area contributed by atoms with Gasteiger partial charge in [-0.25, -0.2) is 5.01 Å². The number of phenols is 2. The van der Waals surface area contributed by atoms with Crippen LogP contribution in [0.25, 0.3) is 0 Å². The second-order valence-electron chi connectivity index (χ2n) is 12.5. The zero-order valence-electron chi connectivity index (χ0n) is 26.9. The maximum Gasteiger partial charge on any atom is 0.323 e. The van der Waals surface area contributed by atoms with E-state index in [1.807, 2.05) is 0 Å². The number of carbonyl (C=O) groups excluding carboxylic acids is 4. The van der Waals surface area contributed by atoms with Gasteiger partial charge in [0, 0.05) is 56.0 Å². The summed E-state index contributed by atoms with van der Waals surface area (Å²) in [7, 11) is 1.33. The molecule has 4 N–H and O–H groups in total. The summed E-state index contributed by atoms with van der Waals surface area (Å²) in [5.41, 5.74) is -3.38. The number of Topliss-reactive ketones (excluding diaryl/α,β-unsaturated/α-hetero) is 1. The second kappa shape index (κ2) is 12.8. The van der Waals surface area contributed by atoms with Crippen molar-refractivity contribution in [3.63, 3.8) is 0 Å². The minimum Gasteiger partial charge on any atom is -0.507 e. The molecule has 258 valence electrons. The molecule has 4 aliphatic rings. The number of nitrogens with zero attached hydrogens (tertiary/aromatic N) is 2. The molecule has 2 aliphatic carbocycles. The van der Waals surface area contributed by atoms with Crippen molar-refractivity contribution in [2.24, 2.45) is 0 Å². The van der Waals surface area contributed by atoms with E-state index in [-0.39, 0.29) is 34.4 Å². The van der Waals surface area contributed by atoms with Gasteiger partial charge in [-0.2, -0.15) is 0 Å². The quantitative estimate of drug-likeness (QED) is 0.205. The summed E-state index contributed by atoms with van der Waals surface area (Å²) in [4.78, 5) is 58.1. The van der Waals surface area contributed by atoms with Crippen molar-refractivity contribution >= 4 is 23.3 Å². The van der Waals surface area contributed by atoms with Crippen molar-refractivity contribution in [1.29, 1.82) is 0 Å². The van der Waals surface area contributed by atoms with Crippen molar-refractivity contribution in [1.82, 2.24) is 10.2 Å². The Balaban J connectivity index is 1.42. The van der Waals surface area contributed by atoms with Crippen LogP contribution in [-0.2, 0) is 35.1 Å². The predicted octanol–water partition coefficient (Wildman–Crippen LogP) is 1.10. The van der Waals surface area contributed by atoms with Crippen LogP contribution in [0.15, 0.2) is 18.2 Å². The highest BCUT2D eigenvalue weighted by molar-refractivity contribution is 6.31. The molecule has 4 unspecified atom stereocenters. The molecular weight excluding hydrogens is 632 g/mol. The van der Waals surface area contributed by atoms with E-state index in [2.05, 4.69) is 0 Å². The predicted molar refractivity (Wildman–Crippen MR) is 162 cm³/mol. The number of aliphatic hydroxyl groups is 2. The van der Waals surface area contributed by atoms with Crippen LogP contribution >= 0.6 is 0 Å². The Morgan fingerprint density at radius 3 is 2.38 bits per heavy atom. The van der Waals surface area contributed by atoms with E-state index in [9.17, 15) is 39.6 Å². The van der Waals surface area contributed by atoms with Crippen molar-refractivity contribution in [2.75, 3.05) is 33.4 Å². The maximum atomic E-state index is 13.9. The third-order valence-electron chi connectivity index (χ3n) is 9.49. The SMILES string of the molecule is COc1cccc2c1C(=O)c1c(O)c3c(c(O)c1C2=O)C[C@@](O)(C(C)=O)C[C@@H]3OC1CC(N(OC(C)=O)N2CCOCC2)C(O)C(C)O1. The van der Waals surface area contributed by atoms with Gasteiger partial charge in [0.1, 0.15) is 29.0 Å². The number of phenolic OH excluding ortho intramolecular Hbond substituents is 2. The fourth-order valence-electron chi connectivity index (χ4n) is 7.04. The molecule has 15 heteroatoms. The van der Waals surface area contributed by atoms with Gasteiger partial charge in [0.05, 0.1) is 55.3 Å². The molecule has 0 saturated carbocycles. The molecule has 6 rings (SSSR count). The molecule has 2 saturated heterocycles. The van der Waals surface area contributed by atoms with Crippen molar-refractivity contribution in [2.45, 2.75) is 76.3 Å². The molecular formula is C33H38N2O13. The minimum atomic E-state index is -2.09. The topological polar surface area (TPSA) is 202 Å². The zero-order chi connectivity index (χ0) is 34.7. The number of methoxy groups -OCH3 is 1. The van der Waals surface area contributed by atoms with E-state index < -0.39 is 95.0 Å². The zero-order valence-corrected chi connectivity index (χ0v) is 26.9. The van der Waals surface area contributed by atoms with E-state index in [0.717, 1.165) is 0 Å². The number of hydroxylamine groups is 1. The van der Waals surface area contributed by atoms with Crippen LogP contribution in [0.3, 0.4) is 0 Å². The van der Waals surface area contributed by atoms with Crippen LogP contribution in [0.5, 0.6) is 17.2 Å². The molecule has 2 heterocycles. The number of hydrogen-bond donors (Lipinski definition) is 4. The summed E-state index contributed by atoms with van der Waals surface area (Å²) in [6.45, 7) is 5.45. The smallest absolute Gasteiger partial charge is 0.323 e. The number of morpholine rings is 1. The number of aromatic hydroxyl groups is 2. The molecule has 0 amide bonds. The molecule has 2 aromatic carbocycles. The lowest BCUT2D eigenvalue weighted by Crippen LogP contribution is -2.62. The van der Waals surface area contributed by atoms with Gasteiger partial charge in [0.2, 0.25) is 5.78 Å². The van der Waals surface area contributed by atoms with Crippen molar-refractivity contribution in [3.8, 4) is 17.2 Å². The molecule has 48 heavy (non-hydrogen) atoms. The summed E-state index contributed by atoms with van der Waals surface area (Å²) in [5.74, 6) is -4.03. The standard InChI is InChI=1S/C33H38N2O13/c1-15-28(38)20(35(48-17(3)37)34-8-10-45-11-9-34)12-23(46-15)47-22-14-33(43,16(2)36)13-19-25(22)32(42)27-26(30(19)40)29(39)18-6-5-7-21(44-4)24(18)31(27)41/h5-7,15,20,22-23,28,38,40,42-43H,8-14H2,1-4H3/t15?,20?,22-,23?,28?,33-/m0/s1. The maximum absolute atomic E-state index is 13.9. The van der Waals surface area contributed by atoms with Gasteiger partial charge < -0.3 is 44.2 Å². The largest absolute Gasteiger partial charge is 0.507 e. The summed E-state index contributed by atoms with van der Waals surface area (Å²) in [5, 5.41) is 49.0. The summed E-state index contributed by atoms with van der Waals surface area (Å²) in [6.07, 6.45) is -5.49. The number of ketones is 3. The van der Waals surface area contributed by atoms with Gasteiger partial charge >= 0.3 is 5.97 Å². The van der Waals surface area contributed by atoms with E-state index in [1.54, 1.807) is 11.9 Å². The third-order valence-corrected chi connectivity index (χ3v) is 9.49. The normalized spacial score (nSPS) is 28.8. The lowest BCUT2D eigenvalue weighted by Gasteiger charge is -2.47. The summed E-state index contributed by atoms with van der Waals surface area (Å²) < 4.78 is 23.1. The highest BCUT2D eigenvalue weighted by Gasteiger charge is 2.50. The first-order valence-corrected chi connectivity index (χ1v) is 15.7. The lowest BCUT2D eigenvalue weighted by molar-refractivity contribution is -0.343. The molecule has 2 aromatic rings. The Kier molecular flexibility index (Phi) is 9.06. The van der Waals surface area contributed by atoms with Crippen LogP contribution in [0.4, 0.5) is 0 Å². The van der Waals surface area contributed by atoms with Gasteiger partial charge in [-0.05, 0) is 19.9 Å².